The molecule has 0 aliphatic rings. The summed E-state index contributed by atoms with van der Waals surface area (Å²) in [6.45, 7) is 7.71. The van der Waals surface area contributed by atoms with Gasteiger partial charge in [0.25, 0.3) is 0 Å². The summed E-state index contributed by atoms with van der Waals surface area (Å²) in [5.41, 5.74) is 0.884. The number of Topliss-reactive ketones (excluding diaryl/α,β-unsaturated/α-hetero) is 1. The fraction of sp³-hybridized carbons (Fsp3) is 0.667. The number of allylic oxidation sites excluding steroid dienone is 2. The molecule has 1 nitrogen and oxygen atoms in total. The molecule has 58 valence electrons. The average molecular weight is 140 g/mol. The lowest BCUT2D eigenvalue weighted by Crippen LogP contribution is -1.95. The molecule has 0 saturated carbocycles. The van der Waals surface area contributed by atoms with Crippen LogP contribution >= 0.6 is 0 Å². The second-order valence-electron chi connectivity index (χ2n) is 2.79. The standard InChI is InChI=1S/C9H16O/c1-5-7(2)6-8(3)9(4)10/h6-7H,5H2,1-4H3/b8-6+/t7-/m1/s1. The third-order valence-corrected chi connectivity index (χ3v) is 1.73. The molecule has 1 heteroatoms. The minimum atomic E-state index is 0.181. The Balaban J connectivity index is 4.02. The van der Waals surface area contributed by atoms with Crippen molar-refractivity contribution in [2.45, 2.75) is 34.1 Å². The molecule has 0 spiro atoms. The zero-order chi connectivity index (χ0) is 8.15. The van der Waals surface area contributed by atoms with E-state index in [4.69, 9.17) is 0 Å². The zero-order valence-corrected chi connectivity index (χ0v) is 7.27. The van der Waals surface area contributed by atoms with Crippen molar-refractivity contribution in [1.82, 2.24) is 0 Å². The van der Waals surface area contributed by atoms with E-state index in [0.717, 1.165) is 12.0 Å². The normalized spacial score (nSPS) is 15.0. The summed E-state index contributed by atoms with van der Waals surface area (Å²) in [4.78, 5) is 10.7. The first-order valence-electron chi connectivity index (χ1n) is 3.77. The Morgan fingerprint density at radius 1 is 1.50 bits per heavy atom. The molecule has 0 N–H and O–H groups in total. The molecule has 0 fully saturated rings. The van der Waals surface area contributed by atoms with Gasteiger partial charge in [0, 0.05) is 0 Å². The lowest BCUT2D eigenvalue weighted by molar-refractivity contribution is -0.113. The first kappa shape index (κ1) is 9.41. The molecule has 0 rings (SSSR count). The van der Waals surface area contributed by atoms with Crippen molar-refractivity contribution in [3.63, 3.8) is 0 Å². The summed E-state index contributed by atoms with van der Waals surface area (Å²) in [5, 5.41) is 0. The largest absolute Gasteiger partial charge is 0.295 e. The van der Waals surface area contributed by atoms with Gasteiger partial charge in [-0.3, -0.25) is 4.79 Å². The Bertz CT molecular complexity index is 145. The third-order valence-electron chi connectivity index (χ3n) is 1.73. The fourth-order valence-electron chi connectivity index (χ4n) is 0.662. The van der Waals surface area contributed by atoms with Gasteiger partial charge in [-0.15, -0.1) is 0 Å². The molecule has 0 aromatic rings. The second kappa shape index (κ2) is 4.26. The van der Waals surface area contributed by atoms with Crippen LogP contribution in [-0.2, 0) is 4.79 Å². The number of rotatable bonds is 3. The topological polar surface area (TPSA) is 17.1 Å². The number of ketones is 1. The van der Waals surface area contributed by atoms with E-state index in [-0.39, 0.29) is 5.78 Å². The minimum Gasteiger partial charge on any atom is -0.295 e. The number of carbonyl (C=O) groups excluding carboxylic acids is 1. The van der Waals surface area contributed by atoms with Gasteiger partial charge in [0.15, 0.2) is 5.78 Å². The van der Waals surface area contributed by atoms with E-state index in [1.165, 1.54) is 0 Å². The van der Waals surface area contributed by atoms with Gasteiger partial charge in [-0.05, 0) is 25.3 Å². The van der Waals surface area contributed by atoms with Crippen LogP contribution in [-0.4, -0.2) is 5.78 Å². The SMILES string of the molecule is CC[C@@H](C)/C=C(\C)C(C)=O. The monoisotopic (exact) mass is 140 g/mol. The third kappa shape index (κ3) is 3.44. The molecule has 0 aliphatic heterocycles. The highest BCUT2D eigenvalue weighted by molar-refractivity contribution is 5.92. The van der Waals surface area contributed by atoms with Gasteiger partial charge in [-0.1, -0.05) is 26.3 Å². The van der Waals surface area contributed by atoms with Crippen LogP contribution in [0.25, 0.3) is 0 Å². The predicted molar refractivity (Wildman–Crippen MR) is 43.9 cm³/mol. The van der Waals surface area contributed by atoms with E-state index in [0.29, 0.717) is 5.92 Å². The summed E-state index contributed by atoms with van der Waals surface area (Å²) >= 11 is 0. The van der Waals surface area contributed by atoms with E-state index >= 15 is 0 Å². The molecular weight excluding hydrogens is 124 g/mol. The molecule has 1 atom stereocenters. The molecule has 0 aliphatic carbocycles. The van der Waals surface area contributed by atoms with E-state index in [2.05, 4.69) is 13.8 Å². The van der Waals surface area contributed by atoms with Gasteiger partial charge in [0.05, 0.1) is 0 Å². The Labute approximate surface area is 63.1 Å². The van der Waals surface area contributed by atoms with Crippen molar-refractivity contribution in [1.29, 1.82) is 0 Å². The van der Waals surface area contributed by atoms with E-state index in [1.807, 2.05) is 13.0 Å². The molecule has 0 heterocycles. The van der Waals surface area contributed by atoms with Crippen LogP contribution in [0.15, 0.2) is 11.6 Å². The summed E-state index contributed by atoms with van der Waals surface area (Å²) in [5.74, 6) is 0.712. The van der Waals surface area contributed by atoms with Crippen LogP contribution < -0.4 is 0 Å². The second-order valence-corrected chi connectivity index (χ2v) is 2.79. The highest BCUT2D eigenvalue weighted by Crippen LogP contribution is 2.06. The van der Waals surface area contributed by atoms with Crippen molar-refractivity contribution in [2.75, 3.05) is 0 Å². The summed E-state index contributed by atoms with van der Waals surface area (Å²) in [6.07, 6.45) is 3.13. The molecule has 0 unspecified atom stereocenters. The number of carbonyl (C=O) groups is 1. The van der Waals surface area contributed by atoms with Crippen LogP contribution in [0.4, 0.5) is 0 Å². The van der Waals surface area contributed by atoms with Gasteiger partial charge in [-0.2, -0.15) is 0 Å². The Kier molecular flexibility index (Phi) is 4.01. The summed E-state index contributed by atoms with van der Waals surface area (Å²) in [6, 6.07) is 0. The van der Waals surface area contributed by atoms with Gasteiger partial charge >= 0.3 is 0 Å². The van der Waals surface area contributed by atoms with Crippen LogP contribution in [0.1, 0.15) is 34.1 Å². The minimum absolute atomic E-state index is 0.181. The highest BCUT2D eigenvalue weighted by atomic mass is 16.1. The Morgan fingerprint density at radius 3 is 2.30 bits per heavy atom. The predicted octanol–water partition coefficient (Wildman–Crippen LogP) is 2.57. The maximum absolute atomic E-state index is 10.7. The molecule has 0 aromatic heterocycles. The molecular formula is C9H16O. The molecule has 0 amide bonds. The maximum Gasteiger partial charge on any atom is 0.155 e. The van der Waals surface area contributed by atoms with E-state index < -0.39 is 0 Å². The Morgan fingerprint density at radius 2 is 2.00 bits per heavy atom. The van der Waals surface area contributed by atoms with Crippen molar-refractivity contribution in [2.24, 2.45) is 5.92 Å². The van der Waals surface area contributed by atoms with Crippen molar-refractivity contribution >= 4 is 5.78 Å². The Hall–Kier alpha value is -0.590. The first-order chi connectivity index (χ1) is 4.57. The number of hydrogen-bond donors (Lipinski definition) is 0. The van der Waals surface area contributed by atoms with Crippen LogP contribution in [0.2, 0.25) is 0 Å². The molecule has 0 aromatic carbocycles. The van der Waals surface area contributed by atoms with Crippen LogP contribution in [0.5, 0.6) is 0 Å². The molecule has 0 saturated heterocycles. The smallest absolute Gasteiger partial charge is 0.155 e. The van der Waals surface area contributed by atoms with Crippen molar-refractivity contribution in [3.05, 3.63) is 11.6 Å². The van der Waals surface area contributed by atoms with Crippen LogP contribution in [0.3, 0.4) is 0 Å². The van der Waals surface area contributed by atoms with Gasteiger partial charge in [0.2, 0.25) is 0 Å². The highest BCUT2D eigenvalue weighted by Gasteiger charge is 1.98. The summed E-state index contributed by atoms with van der Waals surface area (Å²) < 4.78 is 0. The zero-order valence-electron chi connectivity index (χ0n) is 7.27. The maximum atomic E-state index is 10.7. The van der Waals surface area contributed by atoms with Gasteiger partial charge in [-0.25, -0.2) is 0 Å². The average Bonchev–Trinajstić information content (AvgIpc) is 1.87. The van der Waals surface area contributed by atoms with Crippen LogP contribution in [0, 0.1) is 5.92 Å². The molecule has 0 radical (unpaired) electrons. The van der Waals surface area contributed by atoms with Gasteiger partial charge in [0.1, 0.15) is 0 Å². The lowest BCUT2D eigenvalue weighted by atomic mass is 10.0. The lowest BCUT2D eigenvalue weighted by Gasteiger charge is -2.01. The van der Waals surface area contributed by atoms with Crippen molar-refractivity contribution < 1.29 is 4.79 Å². The van der Waals surface area contributed by atoms with E-state index in [9.17, 15) is 4.79 Å². The molecule has 10 heavy (non-hydrogen) atoms. The summed E-state index contributed by atoms with van der Waals surface area (Å²) in [7, 11) is 0. The molecule has 0 bridgehead atoms. The fourth-order valence-corrected chi connectivity index (χ4v) is 0.662. The first-order valence-corrected chi connectivity index (χ1v) is 3.77. The van der Waals surface area contributed by atoms with Gasteiger partial charge < -0.3 is 0 Å². The van der Waals surface area contributed by atoms with Crippen molar-refractivity contribution in [3.8, 4) is 0 Å². The quantitative estimate of drug-likeness (QED) is 0.551. The van der Waals surface area contributed by atoms with E-state index in [1.54, 1.807) is 6.92 Å². The number of hydrogen-bond acceptors (Lipinski definition) is 1.